The second kappa shape index (κ2) is 33.2. The van der Waals surface area contributed by atoms with Crippen molar-refractivity contribution < 1.29 is 38.1 Å². The molecule has 0 saturated heterocycles. The number of aryl methyl sites for hydroxylation is 2. The van der Waals surface area contributed by atoms with Crippen LogP contribution in [0.5, 0.6) is 0 Å². The first-order chi connectivity index (χ1) is 28.4. The molecule has 2 aromatic rings. The van der Waals surface area contributed by atoms with Crippen molar-refractivity contribution in [1.82, 2.24) is 0 Å². The number of hydrogen-bond acceptors (Lipinski definition) is 8. The highest BCUT2D eigenvalue weighted by atomic mass is 16.5. The number of ether oxygens (including phenoxy) is 4. The highest BCUT2D eigenvalue weighted by Crippen LogP contribution is 2.21. The van der Waals surface area contributed by atoms with Crippen LogP contribution in [0.3, 0.4) is 0 Å². The molecule has 0 saturated carbocycles. The summed E-state index contributed by atoms with van der Waals surface area (Å²) in [6.07, 6.45) is 26.9. The van der Waals surface area contributed by atoms with E-state index in [0.29, 0.717) is 39.3 Å². The Morgan fingerprint density at radius 1 is 0.328 bits per heavy atom. The summed E-state index contributed by atoms with van der Waals surface area (Å²) in [7, 11) is 0. The maximum absolute atomic E-state index is 13.4. The van der Waals surface area contributed by atoms with E-state index in [1.807, 2.05) is 12.1 Å². The molecule has 0 atom stereocenters. The van der Waals surface area contributed by atoms with Crippen LogP contribution >= 0.6 is 0 Å². The molecule has 0 spiro atoms. The van der Waals surface area contributed by atoms with Crippen molar-refractivity contribution in [1.29, 1.82) is 0 Å². The van der Waals surface area contributed by atoms with Gasteiger partial charge in [0.05, 0.1) is 48.7 Å². The fourth-order valence-electron chi connectivity index (χ4n) is 6.98. The van der Waals surface area contributed by atoms with Crippen LogP contribution in [0, 0.1) is 0 Å². The first kappa shape index (κ1) is 50.5. The van der Waals surface area contributed by atoms with Gasteiger partial charge in [-0.25, -0.2) is 19.2 Å². The van der Waals surface area contributed by atoms with Gasteiger partial charge in [0.1, 0.15) is 0 Å². The molecule has 0 N–H and O–H groups in total. The summed E-state index contributed by atoms with van der Waals surface area (Å²) in [5.74, 6) is -2.09. The van der Waals surface area contributed by atoms with Gasteiger partial charge in [0.25, 0.3) is 0 Å². The van der Waals surface area contributed by atoms with Crippen molar-refractivity contribution in [2.45, 2.75) is 195 Å². The molecule has 2 rings (SSSR count). The van der Waals surface area contributed by atoms with Crippen molar-refractivity contribution in [2.75, 3.05) is 26.4 Å². The quantitative estimate of drug-likeness (QED) is 0.0385. The summed E-state index contributed by atoms with van der Waals surface area (Å²) < 4.78 is 22.6. The maximum Gasteiger partial charge on any atom is 0.339 e. The van der Waals surface area contributed by atoms with Crippen LogP contribution in [0.1, 0.15) is 234 Å². The molecule has 0 amide bonds. The molecule has 0 radical (unpaired) electrons. The minimum Gasteiger partial charge on any atom is -0.462 e. The highest BCUT2D eigenvalue weighted by molar-refractivity contribution is 6.04. The Balaban J connectivity index is 2.19. The Morgan fingerprint density at radius 3 is 0.845 bits per heavy atom. The average molecular weight is 807 g/mol. The van der Waals surface area contributed by atoms with Gasteiger partial charge in [-0.3, -0.25) is 0 Å². The number of hydrogen-bond donors (Lipinski definition) is 0. The highest BCUT2D eigenvalue weighted by Gasteiger charge is 2.22. The first-order valence-electron chi connectivity index (χ1n) is 23.3. The van der Waals surface area contributed by atoms with Crippen LogP contribution < -0.4 is 0 Å². The standard InChI is InChI=1S/C50H78O8/c1-5-9-13-17-21-25-35-55-47(51)43-33-31-41(39-45(43)49(53)57-37-27-23-19-15-11-7-3)29-30-42-32-34-44(48(52)56-36-26-22-18-14-10-6-2)46(40-42)50(54)58-38-28-24-20-16-12-8-4/h31-34,39-40H,5-30,35-38H2,1-4H3. The molecule has 0 aliphatic heterocycles. The average Bonchev–Trinajstić information content (AvgIpc) is 3.23. The zero-order valence-corrected chi connectivity index (χ0v) is 36.9. The Bertz CT molecular complexity index is 1330. The molecule has 326 valence electrons. The fourth-order valence-corrected chi connectivity index (χ4v) is 6.98. The maximum atomic E-state index is 13.4. The van der Waals surface area contributed by atoms with Gasteiger partial charge >= 0.3 is 23.9 Å². The van der Waals surface area contributed by atoms with E-state index in [0.717, 1.165) is 88.2 Å². The Labute approximate surface area is 351 Å². The van der Waals surface area contributed by atoms with Gasteiger partial charge in [0.2, 0.25) is 0 Å². The lowest BCUT2D eigenvalue weighted by molar-refractivity contribution is 0.0450. The van der Waals surface area contributed by atoms with E-state index in [2.05, 4.69) is 27.7 Å². The van der Waals surface area contributed by atoms with Crippen molar-refractivity contribution in [2.24, 2.45) is 0 Å². The molecule has 2 aromatic carbocycles. The number of rotatable bonds is 35. The van der Waals surface area contributed by atoms with Crippen molar-refractivity contribution >= 4 is 23.9 Å². The van der Waals surface area contributed by atoms with Crippen molar-refractivity contribution in [3.05, 3.63) is 69.8 Å². The smallest absolute Gasteiger partial charge is 0.339 e. The molecule has 0 heterocycles. The Morgan fingerprint density at radius 2 is 0.569 bits per heavy atom. The molecular formula is C50H78O8. The van der Waals surface area contributed by atoms with Gasteiger partial charge in [-0.05, 0) is 73.9 Å². The van der Waals surface area contributed by atoms with E-state index in [1.165, 1.54) is 77.0 Å². The van der Waals surface area contributed by atoms with Crippen LogP contribution in [0.4, 0.5) is 0 Å². The monoisotopic (exact) mass is 807 g/mol. The first-order valence-corrected chi connectivity index (χ1v) is 23.3. The van der Waals surface area contributed by atoms with E-state index in [9.17, 15) is 19.2 Å². The van der Waals surface area contributed by atoms with Gasteiger partial charge in [-0.2, -0.15) is 0 Å². The Kier molecular flexibility index (Phi) is 28.9. The topological polar surface area (TPSA) is 105 Å². The lowest BCUT2D eigenvalue weighted by Crippen LogP contribution is -2.16. The van der Waals surface area contributed by atoms with E-state index >= 15 is 0 Å². The second-order valence-electron chi connectivity index (χ2n) is 15.9. The summed E-state index contributed by atoms with van der Waals surface area (Å²) in [6, 6.07) is 10.5. The second-order valence-corrected chi connectivity index (χ2v) is 15.9. The van der Waals surface area contributed by atoms with E-state index in [1.54, 1.807) is 24.3 Å². The third kappa shape index (κ3) is 21.9. The summed E-state index contributed by atoms with van der Waals surface area (Å²) in [5.41, 5.74) is 2.52. The van der Waals surface area contributed by atoms with Crippen molar-refractivity contribution in [3.8, 4) is 0 Å². The van der Waals surface area contributed by atoms with E-state index < -0.39 is 23.9 Å². The Hall–Kier alpha value is -3.68. The molecule has 8 nitrogen and oxygen atoms in total. The van der Waals surface area contributed by atoms with E-state index in [-0.39, 0.29) is 22.3 Å². The van der Waals surface area contributed by atoms with E-state index in [4.69, 9.17) is 18.9 Å². The van der Waals surface area contributed by atoms with Gasteiger partial charge in [-0.1, -0.05) is 168 Å². The lowest BCUT2D eigenvalue weighted by Gasteiger charge is -2.13. The fraction of sp³-hybridized carbons (Fsp3) is 0.680. The molecule has 0 fully saturated rings. The van der Waals surface area contributed by atoms with Crippen LogP contribution in [-0.2, 0) is 31.8 Å². The molecule has 0 unspecified atom stereocenters. The predicted octanol–water partition coefficient (Wildman–Crippen LogP) is 13.5. The zero-order chi connectivity index (χ0) is 42.1. The molecule has 0 aliphatic carbocycles. The minimum atomic E-state index is -0.527. The van der Waals surface area contributed by atoms with Crippen LogP contribution in [-0.4, -0.2) is 50.3 Å². The largest absolute Gasteiger partial charge is 0.462 e. The molecule has 0 bridgehead atoms. The molecule has 0 aliphatic rings. The van der Waals surface area contributed by atoms with Crippen LogP contribution in [0.25, 0.3) is 0 Å². The normalized spacial score (nSPS) is 11.0. The SMILES string of the molecule is CCCCCCCCOC(=O)c1ccc(CCc2ccc(C(=O)OCCCCCCCC)c(C(=O)OCCCCCCCC)c2)cc1C(=O)OCCCCCCCC. The van der Waals surface area contributed by atoms with Gasteiger partial charge in [-0.15, -0.1) is 0 Å². The van der Waals surface area contributed by atoms with Gasteiger partial charge < -0.3 is 18.9 Å². The van der Waals surface area contributed by atoms with Crippen LogP contribution in [0.2, 0.25) is 0 Å². The number of esters is 4. The summed E-state index contributed by atoms with van der Waals surface area (Å²) in [5, 5.41) is 0. The van der Waals surface area contributed by atoms with Gasteiger partial charge in [0.15, 0.2) is 0 Å². The summed E-state index contributed by atoms with van der Waals surface area (Å²) >= 11 is 0. The number of benzene rings is 2. The molecular weight excluding hydrogens is 729 g/mol. The predicted molar refractivity (Wildman–Crippen MR) is 235 cm³/mol. The van der Waals surface area contributed by atoms with Crippen molar-refractivity contribution in [3.63, 3.8) is 0 Å². The molecule has 58 heavy (non-hydrogen) atoms. The molecule has 0 aromatic heterocycles. The number of carbonyl (C=O) groups is 4. The molecule has 8 heteroatoms. The lowest BCUT2D eigenvalue weighted by atomic mass is 9.97. The zero-order valence-electron chi connectivity index (χ0n) is 36.9. The summed E-state index contributed by atoms with van der Waals surface area (Å²) in [6.45, 7) is 9.96. The van der Waals surface area contributed by atoms with Crippen LogP contribution in [0.15, 0.2) is 36.4 Å². The van der Waals surface area contributed by atoms with Gasteiger partial charge in [0, 0.05) is 0 Å². The third-order valence-corrected chi connectivity index (χ3v) is 10.7. The third-order valence-electron chi connectivity index (χ3n) is 10.7. The number of carbonyl (C=O) groups excluding carboxylic acids is 4. The summed E-state index contributed by atoms with van der Waals surface area (Å²) in [4.78, 5) is 53.3. The minimum absolute atomic E-state index is 0.207. The number of unbranched alkanes of at least 4 members (excludes halogenated alkanes) is 20.